The van der Waals surface area contributed by atoms with E-state index in [1.54, 1.807) is 34.5 Å². The molecule has 0 aliphatic heterocycles. The zero-order chi connectivity index (χ0) is 44.1. The molecule has 0 nitrogen and oxygen atoms in total. The van der Waals surface area contributed by atoms with Gasteiger partial charge in [-0.3, -0.25) is 0 Å². The number of halogens is 2. The molecule has 0 radical (unpaired) electrons. The summed E-state index contributed by atoms with van der Waals surface area (Å²) in [5.41, 5.74) is 15.2. The second-order valence-corrected chi connectivity index (χ2v) is 29.8. The van der Waals surface area contributed by atoms with Gasteiger partial charge in [-0.2, -0.15) is 12.1 Å². The molecule has 2 fully saturated rings. The fraction of sp³-hybridized carbons (Fsp3) is 0.500. The predicted molar refractivity (Wildman–Crippen MR) is 273 cm³/mol. The first-order valence-electron chi connectivity index (χ1n) is 25.0. The van der Waals surface area contributed by atoms with Crippen LogP contribution in [0.1, 0.15) is 163 Å². The number of fused-ring (bicyclic) bond motifs is 2. The Kier molecular flexibility index (Phi) is 22.4. The summed E-state index contributed by atoms with van der Waals surface area (Å²) in [5, 5.41) is 5.68. The van der Waals surface area contributed by atoms with Crippen LogP contribution in [0.5, 0.6) is 0 Å². The van der Waals surface area contributed by atoms with Gasteiger partial charge in [0.05, 0.1) is 0 Å². The van der Waals surface area contributed by atoms with Crippen LogP contribution in [-0.4, -0.2) is 5.43 Å². The molecule has 0 bridgehead atoms. The van der Waals surface area contributed by atoms with Crippen molar-refractivity contribution < 1.29 is 48.1 Å². The molecule has 2 aliphatic rings. The smallest absolute Gasteiger partial charge is 1.00 e. The summed E-state index contributed by atoms with van der Waals surface area (Å²) in [4.78, 5) is 0. The molecular weight excluding hydrogens is 911 g/mol. The molecule has 6 aromatic rings. The molecule has 4 heteroatoms. The van der Waals surface area contributed by atoms with E-state index in [0.717, 1.165) is 0 Å². The molecule has 8 rings (SSSR count). The van der Waals surface area contributed by atoms with Gasteiger partial charge in [0.25, 0.3) is 0 Å². The SMILES string of the molecule is CCC1(Cc2cc3c(-c4cc(C)cc(C)c4)cccc3[cH-]2)CCCCCCCC1.CCC1(Cc2cc3c(-c4cc(C)cc(C)c4)cccc3[cH-]2)CCCCCCCC1.C[Si](C)=[Zr+2].[Cl-].[Cl-]. The van der Waals surface area contributed by atoms with Gasteiger partial charge < -0.3 is 24.8 Å². The molecule has 2 aliphatic carbocycles. The maximum absolute atomic E-state index is 2.51. The van der Waals surface area contributed by atoms with E-state index in [2.05, 4.69) is 152 Å². The Bertz CT molecular complexity index is 2130. The van der Waals surface area contributed by atoms with E-state index < -0.39 is 0 Å². The molecule has 0 unspecified atom stereocenters. The van der Waals surface area contributed by atoms with Crippen LogP contribution < -0.4 is 24.8 Å². The summed E-state index contributed by atoms with van der Waals surface area (Å²) in [6.07, 6.45) is 28.0. The summed E-state index contributed by atoms with van der Waals surface area (Å²) in [7, 11) is 0. The van der Waals surface area contributed by atoms with Gasteiger partial charge in [-0.1, -0.05) is 186 Å². The van der Waals surface area contributed by atoms with Crippen LogP contribution in [0.25, 0.3) is 43.8 Å². The normalized spacial score (nSPS) is 16.4. The van der Waals surface area contributed by atoms with Crippen molar-refractivity contribution in [2.24, 2.45) is 10.8 Å². The van der Waals surface area contributed by atoms with Crippen molar-refractivity contribution in [3.8, 4) is 22.3 Å². The monoisotopic (exact) mass is 988 g/mol. The number of hydrogen-bond acceptors (Lipinski definition) is 0. The van der Waals surface area contributed by atoms with Gasteiger partial charge in [0.1, 0.15) is 0 Å². The summed E-state index contributed by atoms with van der Waals surface area (Å²) in [5.74, 6) is 0. The molecule has 0 atom stereocenters. The van der Waals surface area contributed by atoms with E-state index in [0.29, 0.717) is 10.8 Å². The average molecular weight is 992 g/mol. The topological polar surface area (TPSA) is 0 Å². The Morgan fingerprint density at radius 2 is 0.766 bits per heavy atom. The van der Waals surface area contributed by atoms with Crippen LogP contribution in [0, 0.1) is 38.5 Å². The van der Waals surface area contributed by atoms with Gasteiger partial charge in [-0.15, -0.1) is 69.1 Å². The van der Waals surface area contributed by atoms with Gasteiger partial charge in [0.2, 0.25) is 0 Å². The molecule has 0 spiro atoms. The molecule has 6 aromatic carbocycles. The van der Waals surface area contributed by atoms with Gasteiger partial charge >= 0.3 is 41.9 Å². The minimum absolute atomic E-state index is 0. The molecule has 0 aromatic heterocycles. The van der Waals surface area contributed by atoms with E-state index in [4.69, 9.17) is 0 Å². The summed E-state index contributed by atoms with van der Waals surface area (Å²) in [6.45, 7) is 18.3. The van der Waals surface area contributed by atoms with E-state index in [1.807, 2.05) is 0 Å². The first-order chi connectivity index (χ1) is 29.9. The Balaban J connectivity index is 0.000000252. The third-order valence-electron chi connectivity index (χ3n) is 14.7. The minimum Gasteiger partial charge on any atom is -1.00 e. The summed E-state index contributed by atoms with van der Waals surface area (Å²) in [6, 6.07) is 37.5. The third kappa shape index (κ3) is 15.4. The van der Waals surface area contributed by atoms with Gasteiger partial charge in [-0.05, 0) is 88.2 Å². The van der Waals surface area contributed by atoms with Gasteiger partial charge in [-0.25, -0.2) is 0 Å². The first-order valence-corrected chi connectivity index (χ1v) is 31.1. The number of benzene rings is 4. The quantitative estimate of drug-likeness (QED) is 0.105. The van der Waals surface area contributed by atoms with Crippen molar-refractivity contribution in [2.75, 3.05) is 0 Å². The molecule has 0 N–H and O–H groups in total. The van der Waals surface area contributed by atoms with E-state index in [9.17, 15) is 0 Å². The third-order valence-corrected chi connectivity index (χ3v) is 14.7. The summed E-state index contributed by atoms with van der Waals surface area (Å²) < 4.78 is 0. The second kappa shape index (κ2) is 26.4. The standard InChI is InChI=1S/2C29H37.C2H6Si.2ClH.Zr/c2*1-4-29(14-9-7-5-6-8-10-15-29)21-24-19-25-12-11-13-27(28(25)20-24)26-17-22(2)16-23(3)18-26;1-3-2;;;/h2*11-13,16-20H,4-10,14-15,21H2,1-3H3;1-2H3;2*1H;/q2*-1;;;;+2/p-2. The molecule has 0 amide bonds. The Hall–Kier alpha value is -2.22. The van der Waals surface area contributed by atoms with Crippen molar-refractivity contribution in [3.63, 3.8) is 0 Å². The minimum atomic E-state index is 0. The fourth-order valence-electron chi connectivity index (χ4n) is 11.4. The zero-order valence-electron chi connectivity index (χ0n) is 41.1. The van der Waals surface area contributed by atoms with Crippen LogP contribution in [0.4, 0.5) is 0 Å². The van der Waals surface area contributed by atoms with Crippen LogP contribution in [0.2, 0.25) is 13.1 Å². The molecule has 64 heavy (non-hydrogen) atoms. The average Bonchev–Trinajstić information content (AvgIpc) is 3.89. The van der Waals surface area contributed by atoms with E-state index in [1.165, 1.54) is 194 Å². The number of rotatable bonds is 8. The maximum Gasteiger partial charge on any atom is -1.00 e. The van der Waals surface area contributed by atoms with Crippen LogP contribution in [-0.2, 0) is 36.2 Å². The van der Waals surface area contributed by atoms with Crippen molar-refractivity contribution >= 4 is 27.0 Å². The van der Waals surface area contributed by atoms with Crippen LogP contribution in [0.15, 0.2) is 97.1 Å². The van der Waals surface area contributed by atoms with Crippen molar-refractivity contribution in [1.29, 1.82) is 0 Å². The molecule has 344 valence electrons. The zero-order valence-corrected chi connectivity index (χ0v) is 46.1. The molecular formula is C60H80Cl2SiZr-2. The largest absolute Gasteiger partial charge is 1.00 e. The Morgan fingerprint density at radius 3 is 1.06 bits per heavy atom. The maximum atomic E-state index is 2.51. The predicted octanol–water partition coefficient (Wildman–Crippen LogP) is 12.6. The van der Waals surface area contributed by atoms with Gasteiger partial charge in [0.15, 0.2) is 0 Å². The second-order valence-electron chi connectivity index (χ2n) is 20.4. The fourth-order valence-corrected chi connectivity index (χ4v) is 11.4. The molecule has 0 heterocycles. The van der Waals surface area contributed by atoms with Crippen molar-refractivity contribution in [1.82, 2.24) is 0 Å². The number of hydrogen-bond donors (Lipinski definition) is 0. The van der Waals surface area contributed by atoms with Crippen molar-refractivity contribution in [3.05, 3.63) is 130 Å². The molecule has 0 saturated heterocycles. The van der Waals surface area contributed by atoms with Crippen molar-refractivity contribution in [2.45, 2.75) is 183 Å². The number of aryl methyl sites for hydroxylation is 4. The van der Waals surface area contributed by atoms with Gasteiger partial charge in [0, 0.05) is 0 Å². The van der Waals surface area contributed by atoms with E-state index >= 15 is 0 Å². The van der Waals surface area contributed by atoms with Crippen LogP contribution >= 0.6 is 0 Å². The van der Waals surface area contributed by atoms with E-state index in [-0.39, 0.29) is 30.2 Å². The Labute approximate surface area is 418 Å². The molecule has 2 saturated carbocycles. The van der Waals surface area contributed by atoms with Crippen LogP contribution in [0.3, 0.4) is 0 Å². The summed E-state index contributed by atoms with van der Waals surface area (Å²) >= 11 is 1.74. The first kappa shape index (κ1) is 54.4. The Morgan fingerprint density at radius 1 is 0.469 bits per heavy atom.